The van der Waals surface area contributed by atoms with Gasteiger partial charge in [-0.25, -0.2) is 16.8 Å². The summed E-state index contributed by atoms with van der Waals surface area (Å²) in [5.41, 5.74) is 0.810. The lowest BCUT2D eigenvalue weighted by atomic mass is 10.2. The first-order chi connectivity index (χ1) is 9.67. The summed E-state index contributed by atoms with van der Waals surface area (Å²) in [6, 6.07) is 3.98. The lowest BCUT2D eigenvalue weighted by Gasteiger charge is -2.14. The molecule has 0 aliphatic carbocycles. The van der Waals surface area contributed by atoms with Crippen molar-refractivity contribution in [3.63, 3.8) is 0 Å². The van der Waals surface area contributed by atoms with Crippen LogP contribution in [0.4, 0.5) is 5.69 Å². The molecule has 1 aliphatic heterocycles. The minimum Gasteiger partial charge on any atom is -0.377 e. The third kappa shape index (κ3) is 4.57. The van der Waals surface area contributed by atoms with Crippen LogP contribution in [-0.4, -0.2) is 35.3 Å². The molecule has 0 bridgehead atoms. The molecule has 1 N–H and O–H groups in total. The fourth-order valence-electron chi connectivity index (χ4n) is 2.13. The zero-order chi connectivity index (χ0) is 15.7. The molecule has 1 fully saturated rings. The van der Waals surface area contributed by atoms with Crippen molar-refractivity contribution in [1.82, 2.24) is 0 Å². The second-order valence-corrected chi connectivity index (χ2v) is 9.27. The van der Waals surface area contributed by atoms with E-state index in [2.05, 4.69) is 4.72 Å². The third-order valence-corrected chi connectivity index (χ3v) is 5.87. The quantitative estimate of drug-likeness (QED) is 0.816. The highest BCUT2D eigenvalue weighted by atomic mass is 35.7. The van der Waals surface area contributed by atoms with E-state index >= 15 is 0 Å². The number of halogens is 1. The average Bonchev–Trinajstić information content (AvgIpc) is 2.82. The predicted molar refractivity (Wildman–Crippen MR) is 80.6 cm³/mol. The lowest BCUT2D eigenvalue weighted by Crippen LogP contribution is -2.26. The molecule has 0 saturated carbocycles. The van der Waals surface area contributed by atoms with Gasteiger partial charge in [0.25, 0.3) is 9.05 Å². The van der Waals surface area contributed by atoms with Gasteiger partial charge in [0.15, 0.2) is 0 Å². The highest BCUT2D eigenvalue weighted by Gasteiger charge is 2.24. The first-order valence-electron chi connectivity index (χ1n) is 6.35. The molecule has 6 nitrogen and oxygen atoms in total. The summed E-state index contributed by atoms with van der Waals surface area (Å²) in [6.07, 6.45) is 1.30. The lowest BCUT2D eigenvalue weighted by molar-refractivity contribution is 0.127. The van der Waals surface area contributed by atoms with Gasteiger partial charge in [-0.05, 0) is 43.5 Å². The highest BCUT2D eigenvalue weighted by molar-refractivity contribution is 8.13. The van der Waals surface area contributed by atoms with Gasteiger partial charge in [0.2, 0.25) is 10.0 Å². The SMILES string of the molecule is Cc1cc(S(=O)(=O)Cl)ccc1NS(=O)(=O)CC1CCCO1. The maximum atomic E-state index is 12.1. The Hall–Kier alpha value is -0.830. The van der Waals surface area contributed by atoms with E-state index in [0.29, 0.717) is 17.9 Å². The second kappa shape index (κ2) is 6.12. The van der Waals surface area contributed by atoms with E-state index in [-0.39, 0.29) is 16.8 Å². The van der Waals surface area contributed by atoms with Crippen molar-refractivity contribution in [3.05, 3.63) is 23.8 Å². The number of aryl methyl sites for hydroxylation is 1. The maximum Gasteiger partial charge on any atom is 0.261 e. The van der Waals surface area contributed by atoms with Crippen molar-refractivity contribution in [2.45, 2.75) is 30.8 Å². The molecular formula is C12H16ClNO5S2. The van der Waals surface area contributed by atoms with Crippen molar-refractivity contribution in [1.29, 1.82) is 0 Å². The molecular weight excluding hydrogens is 338 g/mol. The fraction of sp³-hybridized carbons (Fsp3) is 0.500. The van der Waals surface area contributed by atoms with E-state index in [1.807, 2.05) is 0 Å². The molecule has 0 aromatic heterocycles. The third-order valence-electron chi connectivity index (χ3n) is 3.17. The molecule has 1 heterocycles. The van der Waals surface area contributed by atoms with Crippen molar-refractivity contribution in [3.8, 4) is 0 Å². The van der Waals surface area contributed by atoms with E-state index in [1.165, 1.54) is 18.2 Å². The first-order valence-corrected chi connectivity index (χ1v) is 10.3. The van der Waals surface area contributed by atoms with Crippen LogP contribution in [0, 0.1) is 6.92 Å². The molecule has 1 unspecified atom stereocenters. The van der Waals surface area contributed by atoms with E-state index in [9.17, 15) is 16.8 Å². The summed E-state index contributed by atoms with van der Waals surface area (Å²) in [5.74, 6) is -0.109. The monoisotopic (exact) mass is 353 g/mol. The van der Waals surface area contributed by atoms with E-state index in [4.69, 9.17) is 15.4 Å². The van der Waals surface area contributed by atoms with Crippen LogP contribution in [0.25, 0.3) is 0 Å². The van der Waals surface area contributed by atoms with Gasteiger partial charge in [-0.3, -0.25) is 4.72 Å². The van der Waals surface area contributed by atoms with Crippen LogP contribution >= 0.6 is 10.7 Å². The van der Waals surface area contributed by atoms with Crippen molar-refractivity contribution < 1.29 is 21.6 Å². The van der Waals surface area contributed by atoms with Crippen LogP contribution in [0.3, 0.4) is 0 Å². The molecule has 0 radical (unpaired) electrons. The Morgan fingerprint density at radius 3 is 2.57 bits per heavy atom. The van der Waals surface area contributed by atoms with Crippen LogP contribution in [0.15, 0.2) is 23.1 Å². The van der Waals surface area contributed by atoms with Gasteiger partial charge < -0.3 is 4.74 Å². The molecule has 9 heteroatoms. The number of rotatable bonds is 5. The summed E-state index contributed by atoms with van der Waals surface area (Å²) in [7, 11) is -2.13. The summed E-state index contributed by atoms with van der Waals surface area (Å²) in [5, 5.41) is 0. The molecule has 21 heavy (non-hydrogen) atoms. The van der Waals surface area contributed by atoms with Crippen LogP contribution in [0.5, 0.6) is 0 Å². The Morgan fingerprint density at radius 2 is 2.05 bits per heavy atom. The zero-order valence-electron chi connectivity index (χ0n) is 11.4. The average molecular weight is 354 g/mol. The molecule has 1 saturated heterocycles. The number of hydrogen-bond acceptors (Lipinski definition) is 5. The topological polar surface area (TPSA) is 89.5 Å². The number of ether oxygens (including phenoxy) is 1. The van der Waals surface area contributed by atoms with Crippen LogP contribution in [0.1, 0.15) is 18.4 Å². The van der Waals surface area contributed by atoms with Gasteiger partial charge in [0.05, 0.1) is 22.4 Å². The number of nitrogens with one attached hydrogen (secondary N) is 1. The normalized spacial score (nSPS) is 19.6. The largest absolute Gasteiger partial charge is 0.377 e. The van der Waals surface area contributed by atoms with Gasteiger partial charge in [0.1, 0.15) is 0 Å². The Kier molecular flexibility index (Phi) is 4.82. The van der Waals surface area contributed by atoms with Crippen molar-refractivity contribution in [2.75, 3.05) is 17.1 Å². The first kappa shape index (κ1) is 16.5. The minimum absolute atomic E-state index is 0.0660. The number of anilines is 1. The fourth-order valence-corrected chi connectivity index (χ4v) is 4.37. The summed E-state index contributed by atoms with van der Waals surface area (Å²) < 4.78 is 54.3. The molecule has 1 aromatic carbocycles. The molecule has 1 atom stereocenters. The van der Waals surface area contributed by atoms with E-state index in [1.54, 1.807) is 6.92 Å². The predicted octanol–water partition coefficient (Wildman–Crippen LogP) is 1.84. The number of hydrogen-bond donors (Lipinski definition) is 1. The summed E-state index contributed by atoms with van der Waals surface area (Å²) >= 11 is 0. The van der Waals surface area contributed by atoms with Crippen LogP contribution in [-0.2, 0) is 23.8 Å². The smallest absolute Gasteiger partial charge is 0.261 e. The summed E-state index contributed by atoms with van der Waals surface area (Å²) in [6.45, 7) is 2.19. The Labute approximate surface area is 128 Å². The van der Waals surface area contributed by atoms with Crippen molar-refractivity contribution >= 4 is 35.4 Å². The van der Waals surface area contributed by atoms with Gasteiger partial charge >= 0.3 is 0 Å². The highest BCUT2D eigenvalue weighted by Crippen LogP contribution is 2.23. The Morgan fingerprint density at radius 1 is 1.33 bits per heavy atom. The molecule has 2 rings (SSSR count). The number of sulfonamides is 1. The number of benzene rings is 1. The van der Waals surface area contributed by atoms with Crippen molar-refractivity contribution in [2.24, 2.45) is 0 Å². The van der Waals surface area contributed by atoms with Crippen LogP contribution in [0.2, 0.25) is 0 Å². The molecule has 118 valence electrons. The van der Waals surface area contributed by atoms with Gasteiger partial charge in [0, 0.05) is 17.3 Å². The molecule has 1 aliphatic rings. The minimum atomic E-state index is -3.83. The standard InChI is InChI=1S/C12H16ClNO5S2/c1-9-7-11(21(13,17)18)4-5-12(9)14-20(15,16)8-10-3-2-6-19-10/h4-5,7,10,14H,2-3,6,8H2,1H3. The van der Waals surface area contributed by atoms with Gasteiger partial charge in [-0.2, -0.15) is 0 Å². The summed E-state index contributed by atoms with van der Waals surface area (Å²) in [4.78, 5) is -0.0660. The van der Waals surface area contributed by atoms with Gasteiger partial charge in [-0.1, -0.05) is 0 Å². The molecule has 0 amide bonds. The maximum absolute atomic E-state index is 12.1. The Bertz CT molecular complexity index is 724. The molecule has 1 aromatic rings. The molecule has 0 spiro atoms. The zero-order valence-corrected chi connectivity index (χ0v) is 13.8. The van der Waals surface area contributed by atoms with Gasteiger partial charge in [-0.15, -0.1) is 0 Å². The second-order valence-electron chi connectivity index (χ2n) is 4.93. The Balaban J connectivity index is 2.15. The van der Waals surface area contributed by atoms with E-state index in [0.717, 1.165) is 12.8 Å². The van der Waals surface area contributed by atoms with E-state index < -0.39 is 19.1 Å². The van der Waals surface area contributed by atoms with Crippen LogP contribution < -0.4 is 4.72 Å².